The molecule has 0 atom stereocenters. The molecule has 0 aliphatic carbocycles. The van der Waals surface area contributed by atoms with Gasteiger partial charge in [-0.25, -0.2) is 8.78 Å². The number of nitrogen functional groups attached to an aromatic ring is 1. The lowest BCUT2D eigenvalue weighted by Crippen LogP contribution is -2.03. The van der Waals surface area contributed by atoms with Gasteiger partial charge in [-0.3, -0.25) is 4.79 Å². The number of halogens is 3. The van der Waals surface area contributed by atoms with E-state index in [1.807, 2.05) is 0 Å². The molecule has 0 heterocycles. The molecule has 2 aromatic rings. The number of carbonyl (C=O) groups is 1. The first-order chi connectivity index (χ1) is 8.49. The molecule has 2 rings (SSSR count). The molecule has 0 saturated carbocycles. The molecule has 0 saturated heterocycles. The standard InChI is InChI=1S/C13H8BrF2NO/c14-9-3-1-8(6-12(9)17)13(18)7-2-4-10(15)11(16)5-7/h1-6H,17H2. The third kappa shape index (κ3) is 2.41. The lowest BCUT2D eigenvalue weighted by molar-refractivity contribution is 0.103. The highest BCUT2D eigenvalue weighted by molar-refractivity contribution is 9.10. The second-order valence-corrected chi connectivity index (χ2v) is 4.55. The molecule has 0 bridgehead atoms. The maximum atomic E-state index is 13.0. The number of hydrogen-bond acceptors (Lipinski definition) is 2. The molecular formula is C13H8BrF2NO. The van der Waals surface area contributed by atoms with Crippen molar-refractivity contribution >= 4 is 27.4 Å². The molecule has 2 aromatic carbocycles. The molecule has 5 heteroatoms. The highest BCUT2D eigenvalue weighted by Gasteiger charge is 2.12. The molecule has 0 aliphatic rings. The monoisotopic (exact) mass is 311 g/mol. The molecule has 18 heavy (non-hydrogen) atoms. The Hall–Kier alpha value is -1.75. The smallest absolute Gasteiger partial charge is 0.193 e. The summed E-state index contributed by atoms with van der Waals surface area (Å²) in [6, 6.07) is 7.69. The average molecular weight is 312 g/mol. The van der Waals surface area contributed by atoms with E-state index in [4.69, 9.17) is 5.73 Å². The molecule has 0 fully saturated rings. The Balaban J connectivity index is 2.41. The second kappa shape index (κ2) is 4.86. The molecule has 2 nitrogen and oxygen atoms in total. The Morgan fingerprint density at radius 3 is 2.22 bits per heavy atom. The Morgan fingerprint density at radius 2 is 1.61 bits per heavy atom. The van der Waals surface area contributed by atoms with Crippen LogP contribution in [0.1, 0.15) is 15.9 Å². The molecule has 0 unspecified atom stereocenters. The number of anilines is 1. The van der Waals surface area contributed by atoms with Crippen molar-refractivity contribution in [2.45, 2.75) is 0 Å². The van der Waals surface area contributed by atoms with Crippen molar-refractivity contribution < 1.29 is 13.6 Å². The Kier molecular flexibility index (Phi) is 3.43. The minimum Gasteiger partial charge on any atom is -0.398 e. The summed E-state index contributed by atoms with van der Waals surface area (Å²) in [5.74, 6) is -2.44. The summed E-state index contributed by atoms with van der Waals surface area (Å²) in [6.45, 7) is 0. The highest BCUT2D eigenvalue weighted by atomic mass is 79.9. The fraction of sp³-hybridized carbons (Fsp3) is 0. The summed E-state index contributed by atoms with van der Waals surface area (Å²) < 4.78 is 26.5. The third-order valence-corrected chi connectivity index (χ3v) is 3.16. The van der Waals surface area contributed by atoms with E-state index in [1.165, 1.54) is 12.1 Å². The van der Waals surface area contributed by atoms with Crippen molar-refractivity contribution in [3.05, 3.63) is 63.6 Å². The van der Waals surface area contributed by atoms with Gasteiger partial charge in [-0.15, -0.1) is 0 Å². The van der Waals surface area contributed by atoms with Gasteiger partial charge in [0.05, 0.1) is 0 Å². The van der Waals surface area contributed by atoms with Gasteiger partial charge in [0, 0.05) is 21.3 Å². The fourth-order valence-electron chi connectivity index (χ4n) is 1.49. The first kappa shape index (κ1) is 12.7. The van der Waals surface area contributed by atoms with Gasteiger partial charge in [-0.1, -0.05) is 0 Å². The molecule has 2 N–H and O–H groups in total. The number of benzene rings is 2. The normalized spacial score (nSPS) is 10.4. The van der Waals surface area contributed by atoms with Crippen LogP contribution >= 0.6 is 15.9 Å². The van der Waals surface area contributed by atoms with Gasteiger partial charge in [-0.2, -0.15) is 0 Å². The van der Waals surface area contributed by atoms with Gasteiger partial charge in [0.15, 0.2) is 17.4 Å². The van der Waals surface area contributed by atoms with Crippen molar-refractivity contribution in [3.63, 3.8) is 0 Å². The van der Waals surface area contributed by atoms with Gasteiger partial charge in [0.25, 0.3) is 0 Å². The molecule has 0 amide bonds. The summed E-state index contributed by atoms with van der Waals surface area (Å²) in [5, 5.41) is 0. The maximum absolute atomic E-state index is 13.0. The summed E-state index contributed by atoms with van der Waals surface area (Å²) in [5.41, 5.74) is 6.46. The predicted molar refractivity (Wildman–Crippen MR) is 68.3 cm³/mol. The van der Waals surface area contributed by atoms with Crippen LogP contribution in [0.4, 0.5) is 14.5 Å². The van der Waals surface area contributed by atoms with Crippen molar-refractivity contribution in [2.75, 3.05) is 5.73 Å². The minimum absolute atomic E-state index is 0.0793. The Morgan fingerprint density at radius 1 is 1.00 bits per heavy atom. The maximum Gasteiger partial charge on any atom is 0.193 e. The SMILES string of the molecule is Nc1cc(C(=O)c2ccc(F)c(F)c2)ccc1Br. The van der Waals surface area contributed by atoms with Gasteiger partial charge in [-0.05, 0) is 52.3 Å². The summed E-state index contributed by atoms with van der Waals surface area (Å²) >= 11 is 3.21. The number of rotatable bonds is 2. The van der Waals surface area contributed by atoms with Gasteiger partial charge >= 0.3 is 0 Å². The fourth-order valence-corrected chi connectivity index (χ4v) is 1.74. The van der Waals surface area contributed by atoms with Crippen LogP contribution in [0.5, 0.6) is 0 Å². The molecule has 0 spiro atoms. The number of hydrogen-bond donors (Lipinski definition) is 1. The van der Waals surface area contributed by atoms with Crippen LogP contribution in [0.3, 0.4) is 0 Å². The minimum atomic E-state index is -1.05. The Labute approximate surface area is 111 Å². The third-order valence-electron chi connectivity index (χ3n) is 2.44. The van der Waals surface area contributed by atoms with Crippen molar-refractivity contribution in [1.29, 1.82) is 0 Å². The van der Waals surface area contributed by atoms with Crippen molar-refractivity contribution in [1.82, 2.24) is 0 Å². The predicted octanol–water partition coefficient (Wildman–Crippen LogP) is 3.54. The summed E-state index contributed by atoms with van der Waals surface area (Å²) in [4.78, 5) is 12.0. The number of ketones is 1. The van der Waals surface area contributed by atoms with Gasteiger partial charge in [0.1, 0.15) is 0 Å². The highest BCUT2D eigenvalue weighted by Crippen LogP contribution is 2.22. The van der Waals surface area contributed by atoms with Crippen LogP contribution in [-0.4, -0.2) is 5.78 Å². The van der Waals surface area contributed by atoms with Crippen LogP contribution in [0.2, 0.25) is 0 Å². The van der Waals surface area contributed by atoms with E-state index < -0.39 is 17.4 Å². The lowest BCUT2D eigenvalue weighted by Gasteiger charge is -2.04. The molecule has 0 radical (unpaired) electrons. The molecule has 92 valence electrons. The van der Waals surface area contributed by atoms with E-state index in [0.717, 1.165) is 12.1 Å². The van der Waals surface area contributed by atoms with Crippen molar-refractivity contribution in [3.8, 4) is 0 Å². The van der Waals surface area contributed by atoms with E-state index in [-0.39, 0.29) is 5.56 Å². The first-order valence-electron chi connectivity index (χ1n) is 5.04. The zero-order valence-electron chi connectivity index (χ0n) is 9.08. The summed E-state index contributed by atoms with van der Waals surface area (Å²) in [7, 11) is 0. The largest absolute Gasteiger partial charge is 0.398 e. The van der Waals surface area contributed by atoms with Gasteiger partial charge in [0.2, 0.25) is 0 Å². The van der Waals surface area contributed by atoms with E-state index in [9.17, 15) is 13.6 Å². The van der Waals surface area contributed by atoms with Crippen LogP contribution in [0, 0.1) is 11.6 Å². The van der Waals surface area contributed by atoms with E-state index in [2.05, 4.69) is 15.9 Å². The zero-order chi connectivity index (χ0) is 13.3. The van der Waals surface area contributed by atoms with Crippen LogP contribution < -0.4 is 5.73 Å². The average Bonchev–Trinajstić information content (AvgIpc) is 2.35. The molecule has 0 aromatic heterocycles. The molecule has 0 aliphatic heterocycles. The van der Waals surface area contributed by atoms with E-state index >= 15 is 0 Å². The topological polar surface area (TPSA) is 43.1 Å². The van der Waals surface area contributed by atoms with Crippen LogP contribution in [0.15, 0.2) is 40.9 Å². The van der Waals surface area contributed by atoms with Crippen molar-refractivity contribution in [2.24, 2.45) is 0 Å². The first-order valence-corrected chi connectivity index (χ1v) is 5.83. The van der Waals surface area contributed by atoms with E-state index in [1.54, 1.807) is 12.1 Å². The molecular weight excluding hydrogens is 304 g/mol. The van der Waals surface area contributed by atoms with Gasteiger partial charge < -0.3 is 5.73 Å². The lowest BCUT2D eigenvalue weighted by atomic mass is 10.0. The Bertz CT molecular complexity index is 575. The second-order valence-electron chi connectivity index (χ2n) is 3.69. The van der Waals surface area contributed by atoms with E-state index in [0.29, 0.717) is 15.7 Å². The number of nitrogens with two attached hydrogens (primary N) is 1. The number of carbonyl (C=O) groups excluding carboxylic acids is 1. The zero-order valence-corrected chi connectivity index (χ0v) is 10.7. The quantitative estimate of drug-likeness (QED) is 0.681. The van der Waals surface area contributed by atoms with Crippen LogP contribution in [-0.2, 0) is 0 Å². The van der Waals surface area contributed by atoms with Crippen LogP contribution in [0.25, 0.3) is 0 Å². The summed E-state index contributed by atoms with van der Waals surface area (Å²) in [6.07, 6.45) is 0.